The molecule has 0 aromatic heterocycles. The van der Waals surface area contributed by atoms with Crippen LogP contribution in [0, 0.1) is 0 Å². The third kappa shape index (κ3) is 4.64. The van der Waals surface area contributed by atoms with Crippen molar-refractivity contribution in [1.82, 2.24) is 0 Å². The maximum absolute atomic E-state index is 12.9. The van der Waals surface area contributed by atoms with Crippen LogP contribution >= 0.6 is 0 Å². The molecule has 33 heavy (non-hydrogen) atoms. The standard InChI is InChI=1S/C26H26N4O3/c1-30(26(33)21(27)15-16-31)19-13-11-18(12-14-19)28-24(17-7-3-2-4-8-17)23-20-9-5-6-10-22(20)29-25(23)32/h2-14,21,28,31H,15-16,27H2,1H3,(H,29,32)/b24-23-. The fourth-order valence-electron chi connectivity index (χ4n) is 3.80. The first kappa shape index (κ1) is 22.3. The van der Waals surface area contributed by atoms with Gasteiger partial charge in [0.25, 0.3) is 5.91 Å². The highest BCUT2D eigenvalue weighted by molar-refractivity contribution is 6.37. The summed E-state index contributed by atoms with van der Waals surface area (Å²) in [6, 6.07) is 23.8. The normalized spacial score (nSPS) is 14.8. The lowest BCUT2D eigenvalue weighted by atomic mass is 10.00. The van der Waals surface area contributed by atoms with Gasteiger partial charge < -0.3 is 26.4 Å². The minimum absolute atomic E-state index is 0.142. The first-order chi connectivity index (χ1) is 16.0. The molecule has 7 heteroatoms. The average Bonchev–Trinajstić information content (AvgIpc) is 3.18. The Morgan fingerprint density at radius 2 is 1.70 bits per heavy atom. The van der Waals surface area contributed by atoms with Crippen molar-refractivity contribution in [1.29, 1.82) is 0 Å². The quantitative estimate of drug-likeness (QED) is 0.420. The highest BCUT2D eigenvalue weighted by Crippen LogP contribution is 2.37. The minimum Gasteiger partial charge on any atom is -0.396 e. The van der Waals surface area contributed by atoms with Gasteiger partial charge in [-0.2, -0.15) is 0 Å². The molecule has 2 amide bonds. The molecule has 4 rings (SSSR count). The first-order valence-corrected chi connectivity index (χ1v) is 10.7. The summed E-state index contributed by atoms with van der Waals surface area (Å²) in [5, 5.41) is 15.4. The smallest absolute Gasteiger partial charge is 0.258 e. The number of hydrogen-bond donors (Lipinski definition) is 4. The molecule has 7 nitrogen and oxygen atoms in total. The van der Waals surface area contributed by atoms with Crippen LogP contribution in [0.25, 0.3) is 11.3 Å². The van der Waals surface area contributed by atoms with Gasteiger partial charge in [0, 0.05) is 36.3 Å². The van der Waals surface area contributed by atoms with Crippen LogP contribution < -0.4 is 21.3 Å². The summed E-state index contributed by atoms with van der Waals surface area (Å²) in [4.78, 5) is 26.8. The van der Waals surface area contributed by atoms with E-state index < -0.39 is 6.04 Å². The fraction of sp³-hybridized carbons (Fsp3) is 0.154. The van der Waals surface area contributed by atoms with Crippen molar-refractivity contribution in [2.45, 2.75) is 12.5 Å². The Bertz CT molecular complexity index is 1190. The number of benzene rings is 3. The number of carbonyl (C=O) groups excluding carboxylic acids is 2. The summed E-state index contributed by atoms with van der Waals surface area (Å²) in [5.74, 6) is -0.432. The van der Waals surface area contributed by atoms with E-state index in [0.717, 1.165) is 22.5 Å². The zero-order valence-corrected chi connectivity index (χ0v) is 18.3. The summed E-state index contributed by atoms with van der Waals surface area (Å²) >= 11 is 0. The van der Waals surface area contributed by atoms with Crippen LogP contribution in [0.2, 0.25) is 0 Å². The number of fused-ring (bicyclic) bond motifs is 1. The third-order valence-electron chi connectivity index (χ3n) is 5.60. The molecule has 0 spiro atoms. The number of nitrogens with zero attached hydrogens (tertiary/aromatic N) is 1. The second-order valence-electron chi connectivity index (χ2n) is 7.80. The van der Waals surface area contributed by atoms with E-state index in [1.807, 2.05) is 78.9 Å². The fourth-order valence-corrected chi connectivity index (χ4v) is 3.80. The van der Waals surface area contributed by atoms with Gasteiger partial charge in [0.2, 0.25) is 5.91 Å². The molecule has 1 aliphatic rings. The molecule has 0 saturated heterocycles. The number of aliphatic hydroxyl groups is 1. The van der Waals surface area contributed by atoms with Gasteiger partial charge >= 0.3 is 0 Å². The van der Waals surface area contributed by atoms with Gasteiger partial charge in [0.1, 0.15) is 0 Å². The molecule has 3 aromatic carbocycles. The number of aliphatic hydroxyl groups excluding tert-OH is 1. The Balaban J connectivity index is 1.67. The van der Waals surface area contributed by atoms with Gasteiger partial charge in [0.15, 0.2) is 0 Å². The number of likely N-dealkylation sites (N-methyl/N-ethyl adjacent to an activating group) is 1. The van der Waals surface area contributed by atoms with E-state index in [9.17, 15) is 9.59 Å². The molecule has 1 unspecified atom stereocenters. The molecule has 0 radical (unpaired) electrons. The second-order valence-corrected chi connectivity index (χ2v) is 7.80. The van der Waals surface area contributed by atoms with E-state index in [4.69, 9.17) is 10.8 Å². The molecule has 1 atom stereocenters. The van der Waals surface area contributed by atoms with E-state index in [0.29, 0.717) is 17.0 Å². The number of amides is 2. The molecule has 1 aliphatic heterocycles. The van der Waals surface area contributed by atoms with E-state index >= 15 is 0 Å². The topological polar surface area (TPSA) is 108 Å². The predicted octanol–water partition coefficient (Wildman–Crippen LogP) is 3.29. The summed E-state index contributed by atoms with van der Waals surface area (Å²) in [6.07, 6.45) is 0.209. The van der Waals surface area contributed by atoms with E-state index in [1.54, 1.807) is 7.05 Å². The molecule has 3 aromatic rings. The number of nitrogens with two attached hydrogens (primary N) is 1. The zero-order valence-electron chi connectivity index (χ0n) is 18.3. The van der Waals surface area contributed by atoms with Crippen LogP contribution in [0.3, 0.4) is 0 Å². The van der Waals surface area contributed by atoms with E-state index in [2.05, 4.69) is 10.6 Å². The predicted molar refractivity (Wildman–Crippen MR) is 131 cm³/mol. The zero-order chi connectivity index (χ0) is 23.4. The van der Waals surface area contributed by atoms with E-state index in [1.165, 1.54) is 4.90 Å². The first-order valence-electron chi connectivity index (χ1n) is 10.7. The Morgan fingerprint density at radius 3 is 2.39 bits per heavy atom. The summed E-state index contributed by atoms with van der Waals surface area (Å²) in [7, 11) is 1.65. The number of para-hydroxylation sites is 1. The average molecular weight is 443 g/mol. The van der Waals surface area contributed by atoms with Crippen molar-refractivity contribution < 1.29 is 14.7 Å². The summed E-state index contributed by atoms with van der Waals surface area (Å²) in [5.41, 5.74) is 11.1. The Labute approximate surface area is 192 Å². The van der Waals surface area contributed by atoms with Crippen molar-refractivity contribution in [2.75, 3.05) is 29.2 Å². The van der Waals surface area contributed by atoms with Crippen LogP contribution in [0.15, 0.2) is 78.9 Å². The summed E-state index contributed by atoms with van der Waals surface area (Å²) < 4.78 is 0. The van der Waals surface area contributed by atoms with Gasteiger partial charge in [-0.1, -0.05) is 48.5 Å². The lowest BCUT2D eigenvalue weighted by Crippen LogP contribution is -2.42. The molecule has 0 bridgehead atoms. The SMILES string of the molecule is CN(C(=O)C(N)CCO)c1ccc(N/C(=C2\C(=O)Nc3ccccc32)c2ccccc2)cc1. The largest absolute Gasteiger partial charge is 0.396 e. The Hall–Kier alpha value is -3.94. The Morgan fingerprint density at radius 1 is 1.03 bits per heavy atom. The maximum Gasteiger partial charge on any atom is 0.258 e. The van der Waals surface area contributed by atoms with Crippen molar-refractivity contribution in [2.24, 2.45) is 5.73 Å². The minimum atomic E-state index is -0.756. The van der Waals surface area contributed by atoms with Gasteiger partial charge in [-0.15, -0.1) is 0 Å². The van der Waals surface area contributed by atoms with Crippen molar-refractivity contribution in [3.63, 3.8) is 0 Å². The molecule has 0 fully saturated rings. The highest BCUT2D eigenvalue weighted by atomic mass is 16.3. The molecule has 5 N–H and O–H groups in total. The number of carbonyl (C=O) groups is 2. The van der Waals surface area contributed by atoms with Gasteiger partial charge in [0.05, 0.1) is 17.3 Å². The van der Waals surface area contributed by atoms with Crippen LogP contribution in [0.1, 0.15) is 17.5 Å². The van der Waals surface area contributed by atoms with Gasteiger partial charge in [-0.3, -0.25) is 9.59 Å². The summed E-state index contributed by atoms with van der Waals surface area (Å²) in [6.45, 7) is -0.142. The maximum atomic E-state index is 12.9. The van der Waals surface area contributed by atoms with Crippen LogP contribution in [0.5, 0.6) is 0 Å². The number of anilines is 3. The Kier molecular flexibility index (Phi) is 6.53. The molecule has 168 valence electrons. The molecular weight excluding hydrogens is 416 g/mol. The van der Waals surface area contributed by atoms with Crippen molar-refractivity contribution >= 4 is 40.1 Å². The number of rotatable bonds is 7. The molecule has 0 aliphatic carbocycles. The van der Waals surface area contributed by atoms with Crippen LogP contribution in [0.4, 0.5) is 17.1 Å². The second kappa shape index (κ2) is 9.68. The van der Waals surface area contributed by atoms with Crippen LogP contribution in [-0.2, 0) is 9.59 Å². The lowest BCUT2D eigenvalue weighted by molar-refractivity contribution is -0.119. The monoisotopic (exact) mass is 442 g/mol. The lowest BCUT2D eigenvalue weighted by Gasteiger charge is -2.21. The molecule has 1 heterocycles. The van der Waals surface area contributed by atoms with Crippen LogP contribution in [-0.4, -0.2) is 36.6 Å². The molecule has 0 saturated carbocycles. The third-order valence-corrected chi connectivity index (χ3v) is 5.60. The number of nitrogens with one attached hydrogen (secondary N) is 2. The highest BCUT2D eigenvalue weighted by Gasteiger charge is 2.28. The van der Waals surface area contributed by atoms with E-state index in [-0.39, 0.29) is 24.8 Å². The van der Waals surface area contributed by atoms with Crippen molar-refractivity contribution in [3.8, 4) is 0 Å². The van der Waals surface area contributed by atoms with Gasteiger partial charge in [-0.05, 0) is 42.3 Å². The van der Waals surface area contributed by atoms with Gasteiger partial charge in [-0.25, -0.2) is 0 Å². The molecular formula is C26H26N4O3. The number of hydrogen-bond acceptors (Lipinski definition) is 5. The van der Waals surface area contributed by atoms with Crippen molar-refractivity contribution in [3.05, 3.63) is 90.0 Å².